The molecule has 2 aliphatic heterocycles. The van der Waals surface area contributed by atoms with Crippen LogP contribution in [0.25, 0.3) is 0 Å². The third kappa shape index (κ3) is 5.58. The van der Waals surface area contributed by atoms with E-state index in [0.29, 0.717) is 25.7 Å². The van der Waals surface area contributed by atoms with Crippen LogP contribution in [-0.4, -0.2) is 65.6 Å². The molecule has 0 aromatic rings. The normalized spacial score (nSPS) is 27.6. The van der Waals surface area contributed by atoms with E-state index in [2.05, 4.69) is 0 Å². The summed E-state index contributed by atoms with van der Waals surface area (Å²) in [4.78, 5) is 65.0. The van der Waals surface area contributed by atoms with Crippen LogP contribution in [0.3, 0.4) is 0 Å². The molecule has 1 N–H and O–H groups in total. The number of rotatable bonds is 5. The van der Waals surface area contributed by atoms with E-state index in [1.807, 2.05) is 0 Å². The second-order valence-corrected chi connectivity index (χ2v) is 7.82. The smallest absolute Gasteiger partial charge is 0.870 e. The molecule has 3 aliphatic rings. The van der Waals surface area contributed by atoms with Gasteiger partial charge >= 0.3 is 35.5 Å². The van der Waals surface area contributed by atoms with E-state index in [1.165, 1.54) is 12.2 Å². The van der Waals surface area contributed by atoms with Crippen LogP contribution in [0, 0.1) is 11.8 Å². The van der Waals surface area contributed by atoms with Crippen LogP contribution in [0.15, 0.2) is 12.2 Å². The Balaban J connectivity index is 0.00000210. The van der Waals surface area contributed by atoms with Gasteiger partial charge in [-0.05, 0) is 42.7 Å². The Morgan fingerprint density at radius 3 is 2.14 bits per heavy atom. The summed E-state index contributed by atoms with van der Waals surface area (Å²) in [5.41, 5.74) is 0. The summed E-state index contributed by atoms with van der Waals surface area (Å²) in [5, 5.41) is -1.28. The maximum absolute atomic E-state index is 12.2. The van der Waals surface area contributed by atoms with Crippen molar-refractivity contribution in [3.8, 4) is 0 Å². The Hall–Kier alpha value is -1.44. The van der Waals surface area contributed by atoms with E-state index in [1.54, 1.807) is 0 Å². The molecule has 154 valence electrons. The molecule has 11 nitrogen and oxygen atoms in total. The number of nitrogens with zero attached hydrogens (tertiary/aromatic N) is 2. The van der Waals surface area contributed by atoms with Gasteiger partial charge in [-0.15, -0.1) is 5.06 Å². The van der Waals surface area contributed by atoms with Gasteiger partial charge < -0.3 is 14.9 Å². The summed E-state index contributed by atoms with van der Waals surface area (Å²) in [6.45, 7) is 0.284. The van der Waals surface area contributed by atoms with Gasteiger partial charge in [-0.2, -0.15) is 0 Å². The van der Waals surface area contributed by atoms with E-state index in [4.69, 9.17) is 4.84 Å². The van der Waals surface area contributed by atoms with Crippen molar-refractivity contribution in [2.24, 2.45) is 11.8 Å². The third-order valence-electron chi connectivity index (χ3n) is 5.00. The first-order chi connectivity index (χ1) is 12.8. The van der Waals surface area contributed by atoms with Crippen molar-refractivity contribution in [3.63, 3.8) is 0 Å². The van der Waals surface area contributed by atoms with E-state index in [0.717, 1.165) is 4.90 Å². The molecule has 4 amide bonds. The number of hydrogen-bond acceptors (Lipinski definition) is 9. The molecular weight excluding hydrogens is 419 g/mol. The second-order valence-electron chi connectivity index (χ2n) is 6.73. The van der Waals surface area contributed by atoms with Crippen molar-refractivity contribution in [3.05, 3.63) is 12.2 Å². The van der Waals surface area contributed by atoms with Gasteiger partial charge in [0.2, 0.25) is 0 Å². The van der Waals surface area contributed by atoms with Crippen molar-refractivity contribution in [1.29, 1.82) is 0 Å². The summed E-state index contributed by atoms with van der Waals surface area (Å²) >= 11 is -2.76. The minimum Gasteiger partial charge on any atom is -0.870 e. The summed E-state index contributed by atoms with van der Waals surface area (Å²) in [6.07, 6.45) is 3.88. The van der Waals surface area contributed by atoms with Crippen LogP contribution in [0.1, 0.15) is 32.1 Å². The van der Waals surface area contributed by atoms with Gasteiger partial charge in [0.15, 0.2) is 0 Å². The van der Waals surface area contributed by atoms with Crippen molar-refractivity contribution in [1.82, 2.24) is 9.96 Å². The maximum Gasteiger partial charge on any atom is 1.00 e. The molecule has 29 heavy (non-hydrogen) atoms. The summed E-state index contributed by atoms with van der Waals surface area (Å²) in [7, 11) is 0. The Morgan fingerprint density at radius 2 is 1.66 bits per heavy atom. The molecule has 2 unspecified atom stereocenters. The molecule has 0 radical (unpaired) electrons. The Labute approximate surface area is 190 Å². The van der Waals surface area contributed by atoms with Gasteiger partial charge in [-0.1, -0.05) is 0 Å². The summed E-state index contributed by atoms with van der Waals surface area (Å²) < 4.78 is 21.8. The van der Waals surface area contributed by atoms with Gasteiger partial charge in [0.25, 0.3) is 23.6 Å². The van der Waals surface area contributed by atoms with Crippen LogP contribution < -0.4 is 29.6 Å². The number of carbonyl (C=O) groups is 5. The zero-order valence-electron chi connectivity index (χ0n) is 15.6. The largest absolute Gasteiger partial charge is 1.00 e. The topological polar surface area (TPSA) is 171 Å². The fraction of sp³-hybridized carbons (Fsp3) is 0.562. The van der Waals surface area contributed by atoms with E-state index >= 15 is 0 Å². The molecule has 1 saturated carbocycles. The van der Waals surface area contributed by atoms with Gasteiger partial charge in [0.1, 0.15) is 5.25 Å². The Bertz CT molecular complexity index is 745. The molecule has 0 aromatic carbocycles. The quantitative estimate of drug-likeness (QED) is 0.236. The molecular formula is C16H18N2NaO9S-. The van der Waals surface area contributed by atoms with Gasteiger partial charge in [-0.3, -0.25) is 28.3 Å². The number of hydrogen-bond donors (Lipinski definition) is 0. The fourth-order valence-electron chi connectivity index (χ4n) is 3.44. The average molecular weight is 437 g/mol. The van der Waals surface area contributed by atoms with Gasteiger partial charge in [0.05, 0.1) is 12.3 Å². The summed E-state index contributed by atoms with van der Waals surface area (Å²) in [5.74, 6) is -3.87. The van der Waals surface area contributed by atoms with Crippen molar-refractivity contribution < 1.29 is 72.6 Å². The number of imide groups is 2. The summed E-state index contributed by atoms with van der Waals surface area (Å²) in [6, 6.07) is 0. The number of hydroxylamine groups is 2. The van der Waals surface area contributed by atoms with Crippen molar-refractivity contribution >= 4 is 40.7 Å². The molecule has 2 heterocycles. The molecule has 1 aliphatic carbocycles. The molecule has 0 spiro atoms. The van der Waals surface area contributed by atoms with Crippen molar-refractivity contribution in [2.45, 2.75) is 37.4 Å². The SMILES string of the molecule is O=C(ON1C(=O)CC(S(=O)[O-])C1=O)C1CCC(CN2C(=O)C=CC2=O)CC1.[Na+].[OH-]. The minimum absolute atomic E-state index is 0. The fourth-order valence-corrected chi connectivity index (χ4v) is 3.98. The van der Waals surface area contributed by atoms with Crippen molar-refractivity contribution in [2.75, 3.05) is 6.54 Å². The van der Waals surface area contributed by atoms with Crippen LogP contribution in [0.4, 0.5) is 0 Å². The Kier molecular flexibility index (Phi) is 9.31. The van der Waals surface area contributed by atoms with Gasteiger partial charge in [0, 0.05) is 18.7 Å². The first kappa shape index (κ1) is 25.6. The van der Waals surface area contributed by atoms with E-state index in [9.17, 15) is 32.7 Å². The first-order valence-corrected chi connectivity index (χ1v) is 9.62. The molecule has 2 atom stereocenters. The zero-order valence-corrected chi connectivity index (χ0v) is 18.5. The van der Waals surface area contributed by atoms with Gasteiger partial charge in [-0.25, -0.2) is 4.79 Å². The van der Waals surface area contributed by atoms with Crippen LogP contribution in [-0.2, 0) is 39.9 Å². The molecule has 3 rings (SSSR count). The third-order valence-corrected chi connectivity index (χ3v) is 5.83. The maximum atomic E-state index is 12.2. The predicted octanol–water partition coefficient (Wildman–Crippen LogP) is -3.99. The molecule has 0 bridgehead atoms. The van der Waals surface area contributed by atoms with Crippen LogP contribution in [0.5, 0.6) is 0 Å². The van der Waals surface area contributed by atoms with Crippen LogP contribution >= 0.6 is 0 Å². The molecule has 13 heteroatoms. The molecule has 0 aromatic heterocycles. The average Bonchev–Trinajstić information content (AvgIpc) is 3.10. The predicted molar refractivity (Wildman–Crippen MR) is 88.5 cm³/mol. The number of amides is 4. The first-order valence-electron chi connectivity index (χ1n) is 8.48. The Morgan fingerprint density at radius 1 is 1.10 bits per heavy atom. The van der Waals surface area contributed by atoms with E-state index < -0.39 is 46.5 Å². The second kappa shape index (κ2) is 10.5. The van der Waals surface area contributed by atoms with E-state index in [-0.39, 0.29) is 64.4 Å². The zero-order chi connectivity index (χ0) is 19.7. The van der Waals surface area contributed by atoms with Crippen LogP contribution in [0.2, 0.25) is 0 Å². The molecule has 2 fully saturated rings. The monoisotopic (exact) mass is 437 g/mol. The molecule has 1 saturated heterocycles. The standard InChI is InChI=1S/C16H18N2O8S.Na.H2O/c19-12-5-6-13(20)17(12)8-9-1-3-10(4-2-9)16(23)26-18-14(21)7-11(15(18)22)27(24)25;;/h5-6,9-11H,1-4,7-8H2,(H,24,25);;1H2/q;+1;/p-2. The minimum atomic E-state index is -2.76. The number of carbonyl (C=O) groups excluding carboxylic acids is 5.